The van der Waals surface area contributed by atoms with E-state index in [1.54, 1.807) is 0 Å². The van der Waals surface area contributed by atoms with E-state index in [9.17, 15) is 14.7 Å². The molecule has 1 heterocycles. The third-order valence-corrected chi connectivity index (χ3v) is 4.25. The van der Waals surface area contributed by atoms with Gasteiger partial charge in [-0.2, -0.15) is 0 Å². The highest BCUT2D eigenvalue weighted by molar-refractivity contribution is 6.31. The van der Waals surface area contributed by atoms with Crippen molar-refractivity contribution in [3.63, 3.8) is 0 Å². The molecule has 2 atom stereocenters. The summed E-state index contributed by atoms with van der Waals surface area (Å²) in [5.41, 5.74) is 0.205. The predicted molar refractivity (Wildman–Crippen MR) is 71.1 cm³/mol. The van der Waals surface area contributed by atoms with Crippen LogP contribution in [-0.4, -0.2) is 16.9 Å². The summed E-state index contributed by atoms with van der Waals surface area (Å²) >= 11 is 5.88. The smallest absolute Gasteiger partial charge is 0.237 e. The van der Waals surface area contributed by atoms with E-state index in [4.69, 9.17) is 11.6 Å². The van der Waals surface area contributed by atoms with Gasteiger partial charge in [0, 0.05) is 5.02 Å². The maximum atomic E-state index is 12.4. The van der Waals surface area contributed by atoms with Crippen LogP contribution in [0.5, 0.6) is 5.75 Å². The van der Waals surface area contributed by atoms with Crippen molar-refractivity contribution in [2.45, 2.75) is 25.7 Å². The van der Waals surface area contributed by atoms with Gasteiger partial charge in [-0.3, -0.25) is 9.59 Å². The first-order valence-corrected chi connectivity index (χ1v) is 6.83. The molecule has 0 unspecified atom stereocenters. The van der Waals surface area contributed by atoms with Crippen molar-refractivity contribution >= 4 is 29.1 Å². The van der Waals surface area contributed by atoms with Crippen LogP contribution in [-0.2, 0) is 9.59 Å². The number of nitrogens with zero attached hydrogens (tertiary/aromatic N) is 1. The van der Waals surface area contributed by atoms with Crippen molar-refractivity contribution in [2.24, 2.45) is 11.8 Å². The quantitative estimate of drug-likeness (QED) is 0.804. The maximum Gasteiger partial charge on any atom is 0.237 e. The molecule has 0 aromatic heterocycles. The molecular weight excluding hydrogens is 266 g/mol. The second-order valence-electron chi connectivity index (χ2n) is 5.14. The summed E-state index contributed by atoms with van der Waals surface area (Å²) in [6.45, 7) is 0. The monoisotopic (exact) mass is 279 g/mol. The molecule has 0 radical (unpaired) electrons. The van der Waals surface area contributed by atoms with Gasteiger partial charge in [-0.1, -0.05) is 24.4 Å². The Labute approximate surface area is 116 Å². The van der Waals surface area contributed by atoms with Crippen LogP contribution < -0.4 is 4.90 Å². The Morgan fingerprint density at radius 2 is 1.68 bits per heavy atom. The van der Waals surface area contributed by atoms with Crippen LogP contribution in [0.15, 0.2) is 18.2 Å². The summed E-state index contributed by atoms with van der Waals surface area (Å²) in [4.78, 5) is 25.8. The number of benzene rings is 1. The van der Waals surface area contributed by atoms with E-state index in [1.165, 1.54) is 18.2 Å². The van der Waals surface area contributed by atoms with Gasteiger partial charge < -0.3 is 5.11 Å². The number of imide groups is 1. The number of phenolic OH excluding ortho intramolecular Hbond substituents is 1. The van der Waals surface area contributed by atoms with Crippen LogP contribution in [0.3, 0.4) is 0 Å². The average molecular weight is 280 g/mol. The van der Waals surface area contributed by atoms with E-state index in [2.05, 4.69) is 0 Å². The SMILES string of the molecule is O=C1[C@H]2CCCC[C@H]2C(=O)N1c1cc(Cl)ccc1O. The summed E-state index contributed by atoms with van der Waals surface area (Å²) < 4.78 is 0. The summed E-state index contributed by atoms with van der Waals surface area (Å²) in [5.74, 6) is -0.941. The minimum atomic E-state index is -0.223. The molecule has 1 saturated heterocycles. The lowest BCUT2D eigenvalue weighted by atomic mass is 9.81. The standard InChI is InChI=1S/C14H14ClNO3/c15-8-5-6-12(17)11(7-8)16-13(18)9-3-1-2-4-10(9)14(16)19/h5-7,9-10,17H,1-4H2/t9-,10+. The maximum absolute atomic E-state index is 12.4. The first kappa shape index (κ1) is 12.5. The fourth-order valence-electron chi connectivity index (χ4n) is 3.08. The fraction of sp³-hybridized carbons (Fsp3) is 0.429. The molecule has 1 aromatic rings. The average Bonchev–Trinajstić information content (AvgIpc) is 2.66. The topological polar surface area (TPSA) is 57.6 Å². The molecule has 2 fully saturated rings. The fourth-order valence-corrected chi connectivity index (χ4v) is 3.24. The number of fused-ring (bicyclic) bond motifs is 1. The lowest BCUT2D eigenvalue weighted by molar-refractivity contribution is -0.122. The number of halogens is 1. The molecule has 1 saturated carbocycles. The van der Waals surface area contributed by atoms with Crippen molar-refractivity contribution in [2.75, 3.05) is 4.90 Å². The molecule has 2 amide bonds. The Hall–Kier alpha value is -1.55. The van der Waals surface area contributed by atoms with Gasteiger partial charge >= 0.3 is 0 Å². The van der Waals surface area contributed by atoms with Crippen LogP contribution >= 0.6 is 11.6 Å². The highest BCUT2D eigenvalue weighted by Gasteiger charge is 2.49. The van der Waals surface area contributed by atoms with Crippen LogP contribution in [0.4, 0.5) is 5.69 Å². The third-order valence-electron chi connectivity index (χ3n) is 4.02. The first-order valence-electron chi connectivity index (χ1n) is 6.46. The van der Waals surface area contributed by atoms with Gasteiger partial charge in [0.25, 0.3) is 0 Å². The number of carbonyl (C=O) groups excluding carboxylic acids is 2. The van der Waals surface area contributed by atoms with E-state index in [0.717, 1.165) is 30.6 Å². The second kappa shape index (κ2) is 4.53. The van der Waals surface area contributed by atoms with Crippen molar-refractivity contribution in [3.8, 4) is 5.75 Å². The zero-order valence-electron chi connectivity index (χ0n) is 10.3. The summed E-state index contributed by atoms with van der Waals surface area (Å²) in [5, 5.41) is 10.3. The summed E-state index contributed by atoms with van der Waals surface area (Å²) in [7, 11) is 0. The van der Waals surface area contributed by atoms with Gasteiger partial charge in [0.15, 0.2) is 0 Å². The predicted octanol–water partition coefficient (Wildman–Crippen LogP) is 2.73. The molecule has 2 aliphatic rings. The molecule has 0 spiro atoms. The Bertz CT molecular complexity index is 534. The van der Waals surface area contributed by atoms with Crippen LogP contribution in [0, 0.1) is 11.8 Å². The zero-order valence-corrected chi connectivity index (χ0v) is 11.1. The number of anilines is 1. The Kier molecular flexibility index (Phi) is 2.97. The molecule has 5 heteroatoms. The molecule has 0 bridgehead atoms. The molecule has 100 valence electrons. The Morgan fingerprint density at radius 3 is 2.26 bits per heavy atom. The number of aromatic hydroxyl groups is 1. The molecule has 19 heavy (non-hydrogen) atoms. The largest absolute Gasteiger partial charge is 0.506 e. The lowest BCUT2D eigenvalue weighted by Crippen LogP contribution is -2.30. The van der Waals surface area contributed by atoms with Gasteiger partial charge in [-0.25, -0.2) is 4.90 Å². The molecule has 1 N–H and O–H groups in total. The van der Waals surface area contributed by atoms with Crippen LogP contribution in [0.1, 0.15) is 25.7 Å². The molecule has 1 aliphatic heterocycles. The van der Waals surface area contributed by atoms with Crippen molar-refractivity contribution in [1.29, 1.82) is 0 Å². The first-order chi connectivity index (χ1) is 9.09. The van der Waals surface area contributed by atoms with Crippen molar-refractivity contribution < 1.29 is 14.7 Å². The number of amides is 2. The minimum absolute atomic E-state index is 0.0928. The summed E-state index contributed by atoms with van der Waals surface area (Å²) in [6.07, 6.45) is 3.48. The van der Waals surface area contributed by atoms with Crippen molar-refractivity contribution in [1.82, 2.24) is 0 Å². The van der Waals surface area contributed by atoms with E-state index < -0.39 is 0 Å². The highest BCUT2D eigenvalue weighted by Crippen LogP contribution is 2.42. The van der Waals surface area contributed by atoms with E-state index in [1.807, 2.05) is 0 Å². The van der Waals surface area contributed by atoms with Gasteiger partial charge in [0.2, 0.25) is 11.8 Å². The second-order valence-corrected chi connectivity index (χ2v) is 5.58. The summed E-state index contributed by atoms with van der Waals surface area (Å²) in [6, 6.07) is 4.39. The number of hydrogen-bond donors (Lipinski definition) is 1. The lowest BCUT2D eigenvalue weighted by Gasteiger charge is -2.19. The van der Waals surface area contributed by atoms with E-state index in [-0.39, 0.29) is 35.1 Å². The van der Waals surface area contributed by atoms with Gasteiger partial charge in [-0.15, -0.1) is 0 Å². The van der Waals surface area contributed by atoms with Crippen LogP contribution in [0.2, 0.25) is 5.02 Å². The molecule has 1 aromatic carbocycles. The van der Waals surface area contributed by atoms with Gasteiger partial charge in [0.05, 0.1) is 17.5 Å². The van der Waals surface area contributed by atoms with E-state index >= 15 is 0 Å². The van der Waals surface area contributed by atoms with E-state index in [0.29, 0.717) is 5.02 Å². The third kappa shape index (κ3) is 1.91. The number of carbonyl (C=O) groups is 2. The zero-order chi connectivity index (χ0) is 13.6. The van der Waals surface area contributed by atoms with Crippen molar-refractivity contribution in [3.05, 3.63) is 23.2 Å². The molecule has 3 rings (SSSR count). The molecule has 1 aliphatic carbocycles. The normalized spacial score (nSPS) is 26.7. The molecule has 4 nitrogen and oxygen atoms in total. The van der Waals surface area contributed by atoms with Gasteiger partial charge in [-0.05, 0) is 31.0 Å². The highest BCUT2D eigenvalue weighted by atomic mass is 35.5. The minimum Gasteiger partial charge on any atom is -0.506 e. The number of rotatable bonds is 1. The number of hydrogen-bond acceptors (Lipinski definition) is 3. The Morgan fingerprint density at radius 1 is 1.11 bits per heavy atom. The van der Waals surface area contributed by atoms with Gasteiger partial charge in [0.1, 0.15) is 5.75 Å². The van der Waals surface area contributed by atoms with Crippen LogP contribution in [0.25, 0.3) is 0 Å². The Balaban J connectivity index is 2.03. The molecular formula is C14H14ClNO3. The number of phenols is 1.